The Morgan fingerprint density at radius 1 is 1.31 bits per heavy atom. The smallest absolute Gasteiger partial charge is 0.250 e. The lowest BCUT2D eigenvalue weighted by Crippen LogP contribution is -2.39. The normalized spacial score (nSPS) is 17.3. The molecule has 1 atom stereocenters. The molecule has 1 aliphatic rings. The van der Waals surface area contributed by atoms with Crippen LogP contribution >= 0.6 is 0 Å². The molecule has 0 spiro atoms. The van der Waals surface area contributed by atoms with Gasteiger partial charge in [-0.2, -0.15) is 5.10 Å². The first-order valence-electron chi connectivity index (χ1n) is 8.51. The van der Waals surface area contributed by atoms with Gasteiger partial charge in [0.25, 0.3) is 0 Å². The summed E-state index contributed by atoms with van der Waals surface area (Å²) >= 11 is 0. The van der Waals surface area contributed by atoms with Crippen LogP contribution < -0.4 is 4.74 Å². The Hall–Kier alpha value is -2.74. The minimum atomic E-state index is -0.462. The van der Waals surface area contributed by atoms with Gasteiger partial charge in [-0.1, -0.05) is 5.16 Å². The van der Waals surface area contributed by atoms with Crippen LogP contribution in [0.3, 0.4) is 0 Å². The fourth-order valence-electron chi connectivity index (χ4n) is 3.31. The molecule has 136 valence electrons. The van der Waals surface area contributed by atoms with Crippen LogP contribution in [0.15, 0.2) is 35.1 Å². The number of aryl methyl sites for hydroxylation is 2. The van der Waals surface area contributed by atoms with Crippen molar-refractivity contribution >= 4 is 0 Å². The number of hydrogen-bond acceptors (Lipinski definition) is 6. The molecule has 4 rings (SSSR count). The standard InChI is InChI=1S/C18H20FN5O2/c1-12-16(13(2)26-22-12)10-23-8-14-5-7-21-24(14)15(9-23)11-25-18-17(19)4-3-6-20-18/h3-7,15H,8-11H2,1-2H3. The van der Waals surface area contributed by atoms with Gasteiger partial charge in [0.2, 0.25) is 5.88 Å². The van der Waals surface area contributed by atoms with Gasteiger partial charge in [-0.15, -0.1) is 0 Å². The molecule has 0 saturated carbocycles. The number of fused-ring (bicyclic) bond motifs is 1. The van der Waals surface area contributed by atoms with E-state index in [9.17, 15) is 4.39 Å². The van der Waals surface area contributed by atoms with E-state index in [0.29, 0.717) is 6.61 Å². The molecule has 3 aromatic rings. The predicted molar refractivity (Wildman–Crippen MR) is 91.0 cm³/mol. The maximum atomic E-state index is 13.8. The van der Waals surface area contributed by atoms with Crippen LogP contribution in [0.2, 0.25) is 0 Å². The van der Waals surface area contributed by atoms with Gasteiger partial charge in [0.1, 0.15) is 12.4 Å². The first-order chi connectivity index (χ1) is 12.6. The highest BCUT2D eigenvalue weighted by molar-refractivity contribution is 5.21. The maximum absolute atomic E-state index is 13.8. The first kappa shape index (κ1) is 16.7. The van der Waals surface area contributed by atoms with Crippen molar-refractivity contribution in [3.05, 3.63) is 59.1 Å². The van der Waals surface area contributed by atoms with E-state index in [-0.39, 0.29) is 11.9 Å². The summed E-state index contributed by atoms with van der Waals surface area (Å²) in [4.78, 5) is 6.25. The van der Waals surface area contributed by atoms with Crippen molar-refractivity contribution in [2.75, 3.05) is 13.2 Å². The van der Waals surface area contributed by atoms with Gasteiger partial charge < -0.3 is 9.26 Å². The van der Waals surface area contributed by atoms with Crippen molar-refractivity contribution in [1.82, 2.24) is 24.8 Å². The zero-order valence-electron chi connectivity index (χ0n) is 14.7. The van der Waals surface area contributed by atoms with E-state index in [0.717, 1.165) is 42.3 Å². The molecule has 0 aliphatic carbocycles. The van der Waals surface area contributed by atoms with Gasteiger partial charge in [-0.05, 0) is 32.0 Å². The monoisotopic (exact) mass is 357 g/mol. The average molecular weight is 357 g/mol. The summed E-state index contributed by atoms with van der Waals surface area (Å²) in [5.41, 5.74) is 3.11. The number of nitrogens with zero attached hydrogens (tertiary/aromatic N) is 5. The van der Waals surface area contributed by atoms with E-state index in [2.05, 4.69) is 20.1 Å². The van der Waals surface area contributed by atoms with E-state index >= 15 is 0 Å². The lowest BCUT2D eigenvalue weighted by atomic mass is 10.1. The van der Waals surface area contributed by atoms with Crippen molar-refractivity contribution in [3.63, 3.8) is 0 Å². The second-order valence-electron chi connectivity index (χ2n) is 6.49. The molecule has 0 radical (unpaired) electrons. The van der Waals surface area contributed by atoms with E-state index in [1.165, 1.54) is 12.3 Å². The highest BCUT2D eigenvalue weighted by atomic mass is 19.1. The largest absolute Gasteiger partial charge is 0.473 e. The summed E-state index contributed by atoms with van der Waals surface area (Å²) in [5.74, 6) is 0.394. The molecule has 3 aromatic heterocycles. The maximum Gasteiger partial charge on any atom is 0.250 e. The Balaban J connectivity index is 1.50. The molecule has 4 heterocycles. The molecule has 0 N–H and O–H groups in total. The fraction of sp³-hybridized carbons (Fsp3) is 0.389. The molecule has 0 bridgehead atoms. The van der Waals surface area contributed by atoms with Crippen molar-refractivity contribution in [1.29, 1.82) is 0 Å². The van der Waals surface area contributed by atoms with E-state index in [1.807, 2.05) is 24.6 Å². The highest BCUT2D eigenvalue weighted by Crippen LogP contribution is 2.25. The second-order valence-corrected chi connectivity index (χ2v) is 6.49. The van der Waals surface area contributed by atoms with E-state index in [4.69, 9.17) is 9.26 Å². The van der Waals surface area contributed by atoms with Crippen LogP contribution in [-0.4, -0.2) is 38.0 Å². The molecular weight excluding hydrogens is 337 g/mol. The third kappa shape index (κ3) is 3.20. The minimum absolute atomic E-state index is 0.0176. The molecule has 8 heteroatoms. The zero-order chi connectivity index (χ0) is 18.1. The van der Waals surface area contributed by atoms with Gasteiger partial charge >= 0.3 is 0 Å². The van der Waals surface area contributed by atoms with Crippen molar-refractivity contribution in [2.24, 2.45) is 0 Å². The van der Waals surface area contributed by atoms with Crippen LogP contribution in [0.1, 0.15) is 28.8 Å². The molecule has 1 aliphatic heterocycles. The third-order valence-corrected chi connectivity index (χ3v) is 4.65. The zero-order valence-corrected chi connectivity index (χ0v) is 14.7. The van der Waals surface area contributed by atoms with Crippen LogP contribution in [-0.2, 0) is 13.1 Å². The fourth-order valence-corrected chi connectivity index (χ4v) is 3.31. The quantitative estimate of drug-likeness (QED) is 0.699. The van der Waals surface area contributed by atoms with Gasteiger partial charge in [-0.25, -0.2) is 9.37 Å². The summed E-state index contributed by atoms with van der Waals surface area (Å²) < 4.78 is 26.6. The minimum Gasteiger partial charge on any atom is -0.473 e. The molecular formula is C18H20FN5O2. The molecule has 7 nitrogen and oxygen atoms in total. The Bertz CT molecular complexity index is 887. The summed E-state index contributed by atoms with van der Waals surface area (Å²) in [6.07, 6.45) is 3.30. The van der Waals surface area contributed by atoms with E-state index in [1.54, 1.807) is 12.3 Å². The number of hydrogen-bond donors (Lipinski definition) is 0. The molecule has 0 saturated heterocycles. The van der Waals surface area contributed by atoms with Crippen molar-refractivity contribution in [3.8, 4) is 5.88 Å². The average Bonchev–Trinajstić information content (AvgIpc) is 3.23. The van der Waals surface area contributed by atoms with Crippen molar-refractivity contribution < 1.29 is 13.7 Å². The van der Waals surface area contributed by atoms with Crippen molar-refractivity contribution in [2.45, 2.75) is 33.0 Å². The topological polar surface area (TPSA) is 69.2 Å². The van der Waals surface area contributed by atoms with Gasteiger partial charge in [-0.3, -0.25) is 9.58 Å². The lowest BCUT2D eigenvalue weighted by molar-refractivity contribution is 0.122. The summed E-state index contributed by atoms with van der Waals surface area (Å²) in [5, 5.41) is 8.43. The van der Waals surface area contributed by atoms with Gasteiger partial charge in [0.05, 0.1) is 17.4 Å². The summed E-state index contributed by atoms with van der Waals surface area (Å²) in [6, 6.07) is 4.84. The predicted octanol–water partition coefficient (Wildman–Crippen LogP) is 2.66. The molecule has 0 amide bonds. The highest BCUT2D eigenvalue weighted by Gasteiger charge is 2.27. The number of pyridine rings is 1. The molecule has 1 unspecified atom stereocenters. The van der Waals surface area contributed by atoms with Crippen LogP contribution in [0.25, 0.3) is 0 Å². The van der Waals surface area contributed by atoms with Crippen LogP contribution in [0, 0.1) is 19.7 Å². The first-order valence-corrected chi connectivity index (χ1v) is 8.51. The Labute approximate surface area is 150 Å². The van der Waals surface area contributed by atoms with E-state index < -0.39 is 5.82 Å². The number of aromatic nitrogens is 4. The number of rotatable bonds is 5. The van der Waals surface area contributed by atoms with Crippen LogP contribution in [0.4, 0.5) is 4.39 Å². The third-order valence-electron chi connectivity index (χ3n) is 4.65. The molecule has 0 fully saturated rings. The SMILES string of the molecule is Cc1noc(C)c1CN1Cc2ccnn2C(COc2ncccc2F)C1. The molecule has 0 aromatic carbocycles. The lowest BCUT2D eigenvalue weighted by Gasteiger charge is -2.33. The number of halogens is 1. The van der Waals surface area contributed by atoms with Crippen LogP contribution in [0.5, 0.6) is 5.88 Å². The number of ether oxygens (including phenoxy) is 1. The molecule has 26 heavy (non-hydrogen) atoms. The van der Waals surface area contributed by atoms with Gasteiger partial charge in [0, 0.05) is 37.6 Å². The Morgan fingerprint density at radius 3 is 2.96 bits per heavy atom. The van der Waals surface area contributed by atoms with Gasteiger partial charge in [0.15, 0.2) is 5.82 Å². The summed E-state index contributed by atoms with van der Waals surface area (Å²) in [6.45, 7) is 6.41. The Kier molecular flexibility index (Phi) is 4.42. The second kappa shape index (κ2) is 6.87. The summed E-state index contributed by atoms with van der Waals surface area (Å²) in [7, 11) is 0. The Morgan fingerprint density at radius 2 is 2.19 bits per heavy atom.